The van der Waals surface area contributed by atoms with E-state index in [1.807, 2.05) is 6.92 Å². The minimum absolute atomic E-state index is 0.168. The van der Waals surface area contributed by atoms with Gasteiger partial charge in [0.05, 0.1) is 18.5 Å². The van der Waals surface area contributed by atoms with Gasteiger partial charge >= 0.3 is 5.97 Å². The summed E-state index contributed by atoms with van der Waals surface area (Å²) in [5.41, 5.74) is 0. The molecule has 0 radical (unpaired) electrons. The van der Waals surface area contributed by atoms with Crippen molar-refractivity contribution in [2.45, 2.75) is 50.4 Å². The molecule has 0 aromatic rings. The smallest absolute Gasteiger partial charge is 0.315 e. The van der Waals surface area contributed by atoms with Crippen LogP contribution in [0.2, 0.25) is 0 Å². The fourth-order valence-corrected chi connectivity index (χ4v) is 2.95. The van der Waals surface area contributed by atoms with Crippen LogP contribution in [0.1, 0.15) is 39.0 Å². The molecule has 2 unspecified atom stereocenters. The van der Waals surface area contributed by atoms with Crippen LogP contribution in [0, 0.1) is 0 Å². The molecule has 0 aromatic carbocycles. The van der Waals surface area contributed by atoms with Crippen LogP contribution in [0.25, 0.3) is 0 Å². The van der Waals surface area contributed by atoms with Gasteiger partial charge in [0, 0.05) is 5.25 Å². The summed E-state index contributed by atoms with van der Waals surface area (Å²) in [6, 6.07) is 0. The van der Waals surface area contributed by atoms with Gasteiger partial charge in [0.25, 0.3) is 0 Å². The second kappa shape index (κ2) is 7.12. The van der Waals surface area contributed by atoms with Gasteiger partial charge in [-0.2, -0.15) is 0 Å². The highest BCUT2D eigenvalue weighted by atomic mass is 32.2. The van der Waals surface area contributed by atoms with Crippen molar-refractivity contribution in [2.24, 2.45) is 0 Å². The summed E-state index contributed by atoms with van der Waals surface area (Å²) < 4.78 is 4.86. The highest BCUT2D eigenvalue weighted by molar-refractivity contribution is 8.00. The molecule has 0 saturated heterocycles. The quantitative estimate of drug-likeness (QED) is 0.594. The number of hydrogen-bond donors (Lipinski definition) is 1. The van der Waals surface area contributed by atoms with Crippen molar-refractivity contribution in [2.75, 3.05) is 12.4 Å². The monoisotopic (exact) mass is 232 g/mol. The lowest BCUT2D eigenvalue weighted by Crippen LogP contribution is -2.23. The standard InChI is InChI=1S/C11H20O3S/c1-2-14-11(13)8-15-10-7-5-3-4-6-9(10)12/h9-10,12H,2-8H2,1H3. The van der Waals surface area contributed by atoms with E-state index in [2.05, 4.69) is 0 Å². The van der Waals surface area contributed by atoms with E-state index in [0.29, 0.717) is 12.4 Å². The van der Waals surface area contributed by atoms with Crippen LogP contribution in [-0.2, 0) is 9.53 Å². The maximum Gasteiger partial charge on any atom is 0.315 e. The number of carbonyl (C=O) groups excluding carboxylic acids is 1. The molecule has 88 valence electrons. The molecule has 0 amide bonds. The van der Waals surface area contributed by atoms with Crippen molar-refractivity contribution in [3.8, 4) is 0 Å². The van der Waals surface area contributed by atoms with Crippen LogP contribution in [-0.4, -0.2) is 34.8 Å². The molecule has 3 nitrogen and oxygen atoms in total. The lowest BCUT2D eigenvalue weighted by atomic mass is 10.1. The summed E-state index contributed by atoms with van der Waals surface area (Å²) in [6.45, 7) is 2.25. The van der Waals surface area contributed by atoms with Gasteiger partial charge in [-0.1, -0.05) is 19.3 Å². The van der Waals surface area contributed by atoms with E-state index in [9.17, 15) is 9.90 Å². The predicted molar refractivity (Wildman–Crippen MR) is 62.0 cm³/mol. The van der Waals surface area contributed by atoms with E-state index in [1.54, 1.807) is 11.8 Å². The summed E-state index contributed by atoms with van der Waals surface area (Å²) in [6.07, 6.45) is 5.13. The summed E-state index contributed by atoms with van der Waals surface area (Å²) >= 11 is 1.54. The molecule has 1 aliphatic carbocycles. The average Bonchev–Trinajstić information content (AvgIpc) is 2.41. The Morgan fingerprint density at radius 1 is 1.40 bits per heavy atom. The fraction of sp³-hybridized carbons (Fsp3) is 0.909. The predicted octanol–water partition coefficient (Wildman–Crippen LogP) is 1.98. The van der Waals surface area contributed by atoms with Crippen LogP contribution >= 0.6 is 11.8 Å². The van der Waals surface area contributed by atoms with Crippen molar-refractivity contribution < 1.29 is 14.6 Å². The molecule has 0 aromatic heterocycles. The zero-order valence-corrected chi connectivity index (χ0v) is 10.1. The van der Waals surface area contributed by atoms with E-state index in [4.69, 9.17) is 4.74 Å². The number of esters is 1. The van der Waals surface area contributed by atoms with Crippen LogP contribution in [0.5, 0.6) is 0 Å². The first-order chi connectivity index (χ1) is 7.24. The number of ether oxygens (including phenoxy) is 1. The number of aliphatic hydroxyl groups excluding tert-OH is 1. The third-order valence-electron chi connectivity index (χ3n) is 2.64. The molecule has 1 aliphatic rings. The van der Waals surface area contributed by atoms with E-state index in [1.165, 1.54) is 6.42 Å². The Hall–Kier alpha value is -0.220. The zero-order valence-electron chi connectivity index (χ0n) is 9.28. The van der Waals surface area contributed by atoms with Gasteiger partial charge in [-0.15, -0.1) is 11.8 Å². The fourth-order valence-electron chi connectivity index (χ4n) is 1.83. The summed E-state index contributed by atoms with van der Waals surface area (Å²) in [5, 5.41) is 10.0. The first-order valence-corrected chi connectivity index (χ1v) is 6.74. The first kappa shape index (κ1) is 12.8. The van der Waals surface area contributed by atoms with Crippen molar-refractivity contribution in [3.05, 3.63) is 0 Å². The molecule has 0 aliphatic heterocycles. The van der Waals surface area contributed by atoms with Crippen LogP contribution in [0.4, 0.5) is 0 Å². The Morgan fingerprint density at radius 3 is 2.87 bits per heavy atom. The second-order valence-electron chi connectivity index (χ2n) is 3.86. The highest BCUT2D eigenvalue weighted by Gasteiger charge is 2.22. The van der Waals surface area contributed by atoms with Crippen LogP contribution in [0.15, 0.2) is 0 Å². The number of rotatable bonds is 4. The molecular formula is C11H20O3S. The minimum atomic E-state index is -0.244. The molecule has 1 fully saturated rings. The van der Waals surface area contributed by atoms with Gasteiger partial charge in [-0.05, 0) is 19.8 Å². The van der Waals surface area contributed by atoms with Crippen LogP contribution < -0.4 is 0 Å². The maximum absolute atomic E-state index is 11.2. The molecule has 0 heterocycles. The van der Waals surface area contributed by atoms with Crippen molar-refractivity contribution in [1.29, 1.82) is 0 Å². The Labute approximate surface area is 95.6 Å². The summed E-state index contributed by atoms with van der Waals surface area (Å²) in [7, 11) is 0. The molecule has 1 saturated carbocycles. The van der Waals surface area contributed by atoms with E-state index < -0.39 is 0 Å². The van der Waals surface area contributed by atoms with Crippen LogP contribution in [0.3, 0.4) is 0 Å². The third-order valence-corrected chi connectivity index (χ3v) is 4.02. The topological polar surface area (TPSA) is 46.5 Å². The van der Waals surface area contributed by atoms with E-state index in [-0.39, 0.29) is 17.3 Å². The van der Waals surface area contributed by atoms with Gasteiger partial charge in [-0.25, -0.2) is 0 Å². The Morgan fingerprint density at radius 2 is 2.13 bits per heavy atom. The lowest BCUT2D eigenvalue weighted by Gasteiger charge is -2.18. The van der Waals surface area contributed by atoms with E-state index in [0.717, 1.165) is 25.7 Å². The maximum atomic E-state index is 11.2. The van der Waals surface area contributed by atoms with Gasteiger partial charge in [0.15, 0.2) is 0 Å². The Bertz CT molecular complexity index is 196. The second-order valence-corrected chi connectivity index (χ2v) is 5.09. The molecule has 0 spiro atoms. The van der Waals surface area contributed by atoms with Crippen molar-refractivity contribution in [1.82, 2.24) is 0 Å². The molecule has 4 heteroatoms. The van der Waals surface area contributed by atoms with Crippen molar-refractivity contribution in [3.63, 3.8) is 0 Å². The van der Waals surface area contributed by atoms with Gasteiger partial charge in [-0.3, -0.25) is 4.79 Å². The normalized spacial score (nSPS) is 27.1. The highest BCUT2D eigenvalue weighted by Crippen LogP contribution is 2.27. The first-order valence-electron chi connectivity index (χ1n) is 5.69. The molecule has 1 N–H and O–H groups in total. The molecular weight excluding hydrogens is 212 g/mol. The number of aliphatic hydroxyl groups is 1. The molecule has 0 bridgehead atoms. The summed E-state index contributed by atoms with van der Waals surface area (Å²) in [4.78, 5) is 11.2. The zero-order chi connectivity index (χ0) is 11.1. The number of carbonyl (C=O) groups is 1. The molecule has 15 heavy (non-hydrogen) atoms. The minimum Gasteiger partial charge on any atom is -0.465 e. The number of hydrogen-bond acceptors (Lipinski definition) is 4. The van der Waals surface area contributed by atoms with Crippen molar-refractivity contribution >= 4 is 17.7 Å². The van der Waals surface area contributed by atoms with Gasteiger partial charge in [0.2, 0.25) is 0 Å². The molecule has 1 rings (SSSR count). The van der Waals surface area contributed by atoms with E-state index >= 15 is 0 Å². The molecule has 2 atom stereocenters. The third kappa shape index (κ3) is 4.89. The Kier molecular flexibility index (Phi) is 6.10. The SMILES string of the molecule is CCOC(=O)CSC1CCCCCC1O. The van der Waals surface area contributed by atoms with Gasteiger partial charge < -0.3 is 9.84 Å². The van der Waals surface area contributed by atoms with Gasteiger partial charge in [0.1, 0.15) is 0 Å². The average molecular weight is 232 g/mol. The Balaban J connectivity index is 2.25. The number of thioether (sulfide) groups is 1. The summed E-state index contributed by atoms with van der Waals surface area (Å²) in [5.74, 6) is 0.203. The largest absolute Gasteiger partial charge is 0.465 e. The lowest BCUT2D eigenvalue weighted by molar-refractivity contribution is -0.139.